The van der Waals surface area contributed by atoms with Gasteiger partial charge in [0.15, 0.2) is 0 Å². The number of rotatable bonds is 4. The fourth-order valence-corrected chi connectivity index (χ4v) is 2.25. The third-order valence-electron chi connectivity index (χ3n) is 1.86. The van der Waals surface area contributed by atoms with Crippen LogP contribution in [0.1, 0.15) is 0 Å². The molecule has 2 amide bonds. The van der Waals surface area contributed by atoms with Gasteiger partial charge >= 0.3 is 0 Å². The van der Waals surface area contributed by atoms with E-state index >= 15 is 0 Å². The van der Waals surface area contributed by atoms with E-state index in [2.05, 4.69) is 42.5 Å². The molecule has 0 spiro atoms. The molecule has 0 unspecified atom stereocenters. The van der Waals surface area contributed by atoms with Crippen LogP contribution >= 0.6 is 31.9 Å². The Morgan fingerprint density at radius 1 is 1.18 bits per heavy atom. The van der Waals surface area contributed by atoms with Crippen LogP contribution in [-0.4, -0.2) is 24.9 Å². The van der Waals surface area contributed by atoms with Crippen molar-refractivity contribution in [3.05, 3.63) is 27.1 Å². The normalized spacial score (nSPS) is 9.82. The zero-order valence-corrected chi connectivity index (χ0v) is 12.0. The molecule has 4 N–H and O–H groups in total. The van der Waals surface area contributed by atoms with Gasteiger partial charge in [-0.3, -0.25) is 9.59 Å². The molecule has 1 aromatic rings. The molecule has 0 heterocycles. The molecular formula is C10H11Br2N3O2. The van der Waals surface area contributed by atoms with E-state index in [-0.39, 0.29) is 24.9 Å². The highest BCUT2D eigenvalue weighted by Crippen LogP contribution is 2.30. The fourth-order valence-electron chi connectivity index (χ4n) is 1.05. The summed E-state index contributed by atoms with van der Waals surface area (Å²) in [4.78, 5) is 22.4. The van der Waals surface area contributed by atoms with Crippen LogP contribution in [0.4, 0.5) is 5.69 Å². The van der Waals surface area contributed by atoms with Crippen LogP contribution in [0.25, 0.3) is 0 Å². The monoisotopic (exact) mass is 363 g/mol. The average Bonchev–Trinajstić information content (AvgIpc) is 2.31. The van der Waals surface area contributed by atoms with Crippen LogP contribution in [0.5, 0.6) is 0 Å². The number of anilines is 1. The van der Waals surface area contributed by atoms with Gasteiger partial charge in [0.1, 0.15) is 0 Å². The lowest BCUT2D eigenvalue weighted by atomic mass is 10.3. The summed E-state index contributed by atoms with van der Waals surface area (Å²) >= 11 is 6.63. The summed E-state index contributed by atoms with van der Waals surface area (Å²) in [5, 5.41) is 5.05. The molecule has 0 saturated carbocycles. The second kappa shape index (κ2) is 6.73. The summed E-state index contributed by atoms with van der Waals surface area (Å²) in [6, 6.07) is 5.44. The first kappa shape index (κ1) is 14.1. The maximum atomic E-state index is 11.5. The molecule has 0 saturated heterocycles. The van der Waals surface area contributed by atoms with E-state index in [1.54, 1.807) is 12.1 Å². The van der Waals surface area contributed by atoms with Gasteiger partial charge in [0.25, 0.3) is 0 Å². The minimum atomic E-state index is -0.369. The molecule has 0 fully saturated rings. The second-order valence-electron chi connectivity index (χ2n) is 3.13. The molecule has 92 valence electrons. The molecule has 7 heteroatoms. The van der Waals surface area contributed by atoms with Crippen LogP contribution in [-0.2, 0) is 9.59 Å². The van der Waals surface area contributed by atoms with Crippen molar-refractivity contribution in [2.75, 3.05) is 18.4 Å². The first-order valence-corrected chi connectivity index (χ1v) is 6.34. The lowest BCUT2D eigenvalue weighted by Gasteiger charge is -2.09. The van der Waals surface area contributed by atoms with Gasteiger partial charge in [-0.25, -0.2) is 0 Å². The Hall–Kier alpha value is -0.920. The predicted molar refractivity (Wildman–Crippen MR) is 72.5 cm³/mol. The zero-order valence-electron chi connectivity index (χ0n) is 8.80. The topological polar surface area (TPSA) is 84.2 Å². The average molecular weight is 365 g/mol. The molecule has 0 aliphatic heterocycles. The van der Waals surface area contributed by atoms with Gasteiger partial charge in [-0.15, -0.1) is 0 Å². The van der Waals surface area contributed by atoms with E-state index in [9.17, 15) is 9.59 Å². The molecule has 1 rings (SSSR count). The largest absolute Gasteiger partial charge is 0.346 e. The minimum absolute atomic E-state index is 0.107. The number of carbonyl (C=O) groups excluding carboxylic acids is 2. The van der Waals surface area contributed by atoms with Gasteiger partial charge in [0.05, 0.1) is 18.8 Å². The summed E-state index contributed by atoms with van der Waals surface area (Å²) < 4.78 is 1.51. The second-order valence-corrected chi connectivity index (χ2v) is 4.83. The summed E-state index contributed by atoms with van der Waals surface area (Å²) in [5.41, 5.74) is 5.72. The van der Waals surface area contributed by atoms with Crippen molar-refractivity contribution in [2.24, 2.45) is 5.73 Å². The van der Waals surface area contributed by atoms with E-state index < -0.39 is 0 Å². The van der Waals surface area contributed by atoms with Crippen LogP contribution in [0.2, 0.25) is 0 Å². The number of nitrogens with two attached hydrogens (primary N) is 1. The maximum Gasteiger partial charge on any atom is 0.243 e. The quantitative estimate of drug-likeness (QED) is 0.751. The molecular weight excluding hydrogens is 354 g/mol. The van der Waals surface area contributed by atoms with Crippen molar-refractivity contribution in [2.45, 2.75) is 0 Å². The predicted octanol–water partition coefficient (Wildman–Crippen LogP) is 1.22. The van der Waals surface area contributed by atoms with Gasteiger partial charge in [-0.2, -0.15) is 0 Å². The van der Waals surface area contributed by atoms with E-state index in [1.807, 2.05) is 6.07 Å². The summed E-state index contributed by atoms with van der Waals surface area (Å²) in [6.07, 6.45) is 0. The molecule has 0 radical (unpaired) electrons. The van der Waals surface area contributed by atoms with Crippen LogP contribution in [0, 0.1) is 0 Å². The molecule has 0 bridgehead atoms. The van der Waals surface area contributed by atoms with Crippen molar-refractivity contribution in [1.29, 1.82) is 0 Å². The number of benzene rings is 1. The minimum Gasteiger partial charge on any atom is -0.346 e. The summed E-state index contributed by atoms with van der Waals surface area (Å²) in [7, 11) is 0. The number of amides is 2. The fraction of sp³-hybridized carbons (Fsp3) is 0.200. The Bertz CT molecular complexity index is 417. The zero-order chi connectivity index (χ0) is 12.8. The molecule has 1 aromatic carbocycles. The highest BCUT2D eigenvalue weighted by atomic mass is 79.9. The number of hydrogen-bond donors (Lipinski definition) is 3. The number of carbonyl (C=O) groups is 2. The van der Waals surface area contributed by atoms with Crippen molar-refractivity contribution in [3.63, 3.8) is 0 Å². The van der Waals surface area contributed by atoms with Crippen LogP contribution in [0.15, 0.2) is 27.1 Å². The molecule has 5 nitrogen and oxygen atoms in total. The first-order valence-electron chi connectivity index (χ1n) is 4.75. The van der Waals surface area contributed by atoms with Crippen LogP contribution < -0.4 is 16.4 Å². The lowest BCUT2D eigenvalue weighted by molar-refractivity contribution is -0.123. The van der Waals surface area contributed by atoms with E-state index in [0.717, 1.165) is 8.95 Å². The van der Waals surface area contributed by atoms with E-state index in [4.69, 9.17) is 5.73 Å². The number of halogens is 2. The van der Waals surface area contributed by atoms with Crippen molar-refractivity contribution in [1.82, 2.24) is 5.32 Å². The number of para-hydroxylation sites is 1. The maximum absolute atomic E-state index is 11.5. The van der Waals surface area contributed by atoms with E-state index in [1.165, 1.54) is 0 Å². The van der Waals surface area contributed by atoms with E-state index in [0.29, 0.717) is 5.69 Å². The Balaban J connectivity index is 2.59. The smallest absolute Gasteiger partial charge is 0.243 e. The third-order valence-corrected chi connectivity index (χ3v) is 3.18. The number of hydrogen-bond acceptors (Lipinski definition) is 3. The van der Waals surface area contributed by atoms with Gasteiger partial charge < -0.3 is 16.4 Å². The standard InChI is InChI=1S/C10H11Br2N3O2/c11-6-2-1-3-7(12)10(6)15-9(17)5-14-8(16)4-13/h1-3H,4-5,13H2,(H,14,16)(H,15,17). The van der Waals surface area contributed by atoms with Crippen molar-refractivity contribution < 1.29 is 9.59 Å². The van der Waals surface area contributed by atoms with Gasteiger partial charge in [-0.05, 0) is 44.0 Å². The Labute approximate surface area is 115 Å². The number of nitrogens with one attached hydrogen (secondary N) is 2. The molecule has 0 aromatic heterocycles. The molecule has 0 aliphatic carbocycles. The SMILES string of the molecule is NCC(=O)NCC(=O)Nc1c(Br)cccc1Br. The molecule has 0 aliphatic rings. The highest BCUT2D eigenvalue weighted by molar-refractivity contribution is 9.11. The summed E-state index contributed by atoms with van der Waals surface area (Å²) in [5.74, 6) is -0.689. The first-order chi connectivity index (χ1) is 8.04. The van der Waals surface area contributed by atoms with Gasteiger partial charge in [0, 0.05) is 8.95 Å². The summed E-state index contributed by atoms with van der Waals surface area (Å²) in [6.45, 7) is -0.240. The van der Waals surface area contributed by atoms with Crippen molar-refractivity contribution >= 4 is 49.4 Å². The molecule has 0 atom stereocenters. The lowest BCUT2D eigenvalue weighted by Crippen LogP contribution is -2.36. The van der Waals surface area contributed by atoms with Gasteiger partial charge in [0.2, 0.25) is 11.8 Å². The Morgan fingerprint density at radius 3 is 2.29 bits per heavy atom. The highest BCUT2D eigenvalue weighted by Gasteiger charge is 2.09. The Kier molecular flexibility index (Phi) is 5.60. The third kappa shape index (κ3) is 4.45. The van der Waals surface area contributed by atoms with Crippen LogP contribution in [0.3, 0.4) is 0 Å². The van der Waals surface area contributed by atoms with Crippen molar-refractivity contribution in [3.8, 4) is 0 Å². The van der Waals surface area contributed by atoms with Gasteiger partial charge in [-0.1, -0.05) is 6.07 Å². The Morgan fingerprint density at radius 2 is 1.76 bits per heavy atom. The molecule has 17 heavy (non-hydrogen) atoms.